The van der Waals surface area contributed by atoms with E-state index in [-0.39, 0.29) is 30.4 Å². The van der Waals surface area contributed by atoms with Gasteiger partial charge < -0.3 is 10.2 Å². The lowest BCUT2D eigenvalue weighted by Gasteiger charge is -2.36. The van der Waals surface area contributed by atoms with Crippen LogP contribution < -0.4 is 5.32 Å². The summed E-state index contributed by atoms with van der Waals surface area (Å²) in [6.45, 7) is 6.25. The first-order valence-electron chi connectivity index (χ1n) is 7.88. The molecule has 2 heterocycles. The Bertz CT molecular complexity index is 701. The predicted octanol–water partition coefficient (Wildman–Crippen LogP) is 3.33. The molecule has 130 valence electrons. The molecule has 1 aliphatic rings. The van der Waals surface area contributed by atoms with Gasteiger partial charge in [0.25, 0.3) is 5.91 Å². The first kappa shape index (κ1) is 18.8. The highest BCUT2D eigenvalue weighted by molar-refractivity contribution is 6.30. The van der Waals surface area contributed by atoms with Gasteiger partial charge in [-0.15, -0.1) is 12.4 Å². The molecule has 24 heavy (non-hydrogen) atoms. The van der Waals surface area contributed by atoms with E-state index in [4.69, 9.17) is 11.6 Å². The molecule has 1 saturated heterocycles. The highest BCUT2D eigenvalue weighted by atomic mass is 35.5. The van der Waals surface area contributed by atoms with E-state index in [9.17, 15) is 4.79 Å². The second-order valence-electron chi connectivity index (χ2n) is 6.05. The van der Waals surface area contributed by atoms with Crippen molar-refractivity contribution in [2.24, 2.45) is 0 Å². The third kappa shape index (κ3) is 3.91. The minimum Gasteiger partial charge on any atom is -0.328 e. The number of piperazine rings is 1. The molecular weight excluding hydrogens is 347 g/mol. The standard InChI is InChI=1S/C17H21ClN4O.ClH/c1-12(2)22-8-6-15(20-22)17(23)21-9-7-19-11-16(21)13-4-3-5-14(18)10-13;/h3-6,8,10,12,16,19H,7,9,11H2,1-2H3;1H. The van der Waals surface area contributed by atoms with E-state index < -0.39 is 0 Å². The summed E-state index contributed by atoms with van der Waals surface area (Å²) in [7, 11) is 0. The highest BCUT2D eigenvalue weighted by Crippen LogP contribution is 2.26. The summed E-state index contributed by atoms with van der Waals surface area (Å²) in [5.41, 5.74) is 1.54. The molecule has 3 rings (SSSR count). The first-order valence-corrected chi connectivity index (χ1v) is 8.26. The van der Waals surface area contributed by atoms with Crippen molar-refractivity contribution >= 4 is 29.9 Å². The van der Waals surface area contributed by atoms with E-state index >= 15 is 0 Å². The molecule has 1 atom stereocenters. The molecule has 1 aromatic heterocycles. The Kier molecular flexibility index (Phi) is 6.27. The van der Waals surface area contributed by atoms with Crippen LogP contribution in [0.15, 0.2) is 36.5 Å². The van der Waals surface area contributed by atoms with Gasteiger partial charge in [-0.05, 0) is 37.6 Å². The zero-order chi connectivity index (χ0) is 16.4. The second-order valence-corrected chi connectivity index (χ2v) is 6.48. The molecule has 2 aromatic rings. The van der Waals surface area contributed by atoms with Crippen LogP contribution in [-0.4, -0.2) is 40.2 Å². The van der Waals surface area contributed by atoms with Crippen LogP contribution in [0.2, 0.25) is 5.02 Å². The van der Waals surface area contributed by atoms with Gasteiger partial charge in [0.2, 0.25) is 0 Å². The predicted molar refractivity (Wildman–Crippen MR) is 98.0 cm³/mol. The zero-order valence-corrected chi connectivity index (χ0v) is 15.3. The number of nitrogens with zero attached hydrogens (tertiary/aromatic N) is 3. The Labute approximate surface area is 153 Å². The van der Waals surface area contributed by atoms with E-state index in [0.717, 1.165) is 18.7 Å². The van der Waals surface area contributed by atoms with Gasteiger partial charge in [0, 0.05) is 36.9 Å². The molecule has 1 aliphatic heterocycles. The van der Waals surface area contributed by atoms with Crippen molar-refractivity contribution in [2.45, 2.75) is 25.9 Å². The summed E-state index contributed by atoms with van der Waals surface area (Å²) in [6.07, 6.45) is 1.86. The SMILES string of the molecule is CC(C)n1ccc(C(=O)N2CCNCC2c2cccc(Cl)c2)n1.Cl. The van der Waals surface area contributed by atoms with Crippen molar-refractivity contribution in [3.05, 3.63) is 52.8 Å². The van der Waals surface area contributed by atoms with Gasteiger partial charge >= 0.3 is 0 Å². The molecule has 0 saturated carbocycles. The van der Waals surface area contributed by atoms with Crippen molar-refractivity contribution in [1.82, 2.24) is 20.0 Å². The minimum absolute atomic E-state index is 0. The van der Waals surface area contributed by atoms with Crippen molar-refractivity contribution in [3.63, 3.8) is 0 Å². The summed E-state index contributed by atoms with van der Waals surface area (Å²) in [5, 5.41) is 8.44. The van der Waals surface area contributed by atoms with Crippen LogP contribution in [0, 0.1) is 0 Å². The Morgan fingerprint density at radius 1 is 1.38 bits per heavy atom. The second kappa shape index (κ2) is 8.01. The van der Waals surface area contributed by atoms with Gasteiger partial charge in [-0.1, -0.05) is 23.7 Å². The number of benzene rings is 1. The molecule has 0 bridgehead atoms. The average molecular weight is 369 g/mol. The Hall–Kier alpha value is -1.56. The zero-order valence-electron chi connectivity index (χ0n) is 13.8. The van der Waals surface area contributed by atoms with Gasteiger partial charge in [-0.25, -0.2) is 0 Å². The van der Waals surface area contributed by atoms with Crippen LogP contribution >= 0.6 is 24.0 Å². The number of carbonyl (C=O) groups excluding carboxylic acids is 1. The topological polar surface area (TPSA) is 50.2 Å². The van der Waals surface area contributed by atoms with Crippen molar-refractivity contribution < 1.29 is 4.79 Å². The third-order valence-corrected chi connectivity index (χ3v) is 4.33. The van der Waals surface area contributed by atoms with Crippen molar-refractivity contribution in [3.8, 4) is 0 Å². The number of rotatable bonds is 3. The molecule has 0 aliphatic carbocycles. The number of aromatic nitrogens is 2. The van der Waals surface area contributed by atoms with Crippen LogP contribution in [0.5, 0.6) is 0 Å². The Balaban J connectivity index is 0.00000208. The summed E-state index contributed by atoms with van der Waals surface area (Å²) in [4.78, 5) is 14.8. The quantitative estimate of drug-likeness (QED) is 0.903. The summed E-state index contributed by atoms with van der Waals surface area (Å²) >= 11 is 6.11. The molecule has 0 radical (unpaired) electrons. The molecular formula is C17H22Cl2N4O. The summed E-state index contributed by atoms with van der Waals surface area (Å²) < 4.78 is 1.81. The molecule has 1 unspecified atom stereocenters. The van der Waals surface area contributed by atoms with Gasteiger partial charge in [0.1, 0.15) is 5.69 Å². The Morgan fingerprint density at radius 3 is 2.83 bits per heavy atom. The summed E-state index contributed by atoms with van der Waals surface area (Å²) in [5.74, 6) is -0.0316. The molecule has 5 nitrogen and oxygen atoms in total. The maximum absolute atomic E-state index is 12.9. The molecule has 0 spiro atoms. The van der Waals surface area contributed by atoms with Crippen LogP contribution in [0.25, 0.3) is 0 Å². The van der Waals surface area contributed by atoms with Crippen molar-refractivity contribution in [2.75, 3.05) is 19.6 Å². The van der Waals surface area contributed by atoms with Gasteiger partial charge in [-0.3, -0.25) is 9.48 Å². The lowest BCUT2D eigenvalue weighted by molar-refractivity contribution is 0.0627. The number of carbonyl (C=O) groups is 1. The smallest absolute Gasteiger partial charge is 0.274 e. The van der Waals surface area contributed by atoms with E-state index in [1.54, 1.807) is 6.07 Å². The molecule has 1 aromatic carbocycles. The number of amides is 1. The maximum Gasteiger partial charge on any atom is 0.274 e. The first-order chi connectivity index (χ1) is 11.1. The van der Waals surface area contributed by atoms with E-state index in [2.05, 4.69) is 10.4 Å². The minimum atomic E-state index is -0.0316. The normalized spacial score (nSPS) is 17.7. The lowest BCUT2D eigenvalue weighted by atomic mass is 10.0. The highest BCUT2D eigenvalue weighted by Gasteiger charge is 2.29. The molecule has 1 N–H and O–H groups in total. The fraction of sp³-hybridized carbons (Fsp3) is 0.412. The monoisotopic (exact) mass is 368 g/mol. The number of hydrogen-bond donors (Lipinski definition) is 1. The molecule has 7 heteroatoms. The lowest BCUT2D eigenvalue weighted by Crippen LogP contribution is -2.48. The van der Waals surface area contributed by atoms with E-state index in [1.807, 2.05) is 53.9 Å². The fourth-order valence-electron chi connectivity index (χ4n) is 2.85. The van der Waals surface area contributed by atoms with E-state index in [0.29, 0.717) is 17.3 Å². The largest absolute Gasteiger partial charge is 0.328 e. The number of halogens is 2. The van der Waals surface area contributed by atoms with Crippen LogP contribution in [0.3, 0.4) is 0 Å². The van der Waals surface area contributed by atoms with Gasteiger partial charge in [-0.2, -0.15) is 5.10 Å². The third-order valence-electron chi connectivity index (χ3n) is 4.09. The fourth-order valence-corrected chi connectivity index (χ4v) is 3.04. The van der Waals surface area contributed by atoms with Gasteiger partial charge in [0.15, 0.2) is 0 Å². The molecule has 1 amide bonds. The Morgan fingerprint density at radius 2 is 2.17 bits per heavy atom. The number of hydrogen-bond acceptors (Lipinski definition) is 3. The van der Waals surface area contributed by atoms with Crippen LogP contribution in [-0.2, 0) is 0 Å². The average Bonchev–Trinajstić information content (AvgIpc) is 3.04. The van der Waals surface area contributed by atoms with E-state index in [1.165, 1.54) is 0 Å². The molecule has 1 fully saturated rings. The van der Waals surface area contributed by atoms with Crippen LogP contribution in [0.4, 0.5) is 0 Å². The maximum atomic E-state index is 12.9. The van der Waals surface area contributed by atoms with Gasteiger partial charge in [0.05, 0.1) is 6.04 Å². The van der Waals surface area contributed by atoms with Crippen LogP contribution in [0.1, 0.15) is 42.0 Å². The summed E-state index contributed by atoms with van der Waals surface area (Å²) in [6, 6.07) is 9.70. The number of nitrogens with one attached hydrogen (secondary N) is 1. The van der Waals surface area contributed by atoms with Crippen molar-refractivity contribution in [1.29, 1.82) is 0 Å².